The van der Waals surface area contributed by atoms with Crippen molar-refractivity contribution in [3.05, 3.63) is 29.3 Å². The van der Waals surface area contributed by atoms with E-state index < -0.39 is 0 Å². The molecule has 0 radical (unpaired) electrons. The van der Waals surface area contributed by atoms with Gasteiger partial charge in [-0.25, -0.2) is 4.99 Å². The van der Waals surface area contributed by atoms with Crippen molar-refractivity contribution in [2.24, 2.45) is 16.5 Å². The van der Waals surface area contributed by atoms with Gasteiger partial charge in [-0.15, -0.1) is 12.4 Å². The van der Waals surface area contributed by atoms with Crippen LogP contribution in [0, 0.1) is 5.41 Å². The van der Waals surface area contributed by atoms with E-state index in [4.69, 9.17) is 28.5 Å². The van der Waals surface area contributed by atoms with Gasteiger partial charge in [0.2, 0.25) is 5.96 Å². The number of nitrogens with one attached hydrogen (secondary N) is 1. The normalized spacial score (nSPS) is 11.0. The van der Waals surface area contributed by atoms with Gasteiger partial charge in [-0.05, 0) is 38.1 Å². The largest absolute Gasteiger partial charge is 0.370 e. The zero-order chi connectivity index (χ0) is 13.0. The lowest BCUT2D eigenvalue weighted by molar-refractivity contribution is 0.488. The number of hydrogen-bond donors (Lipinski definition) is 3. The van der Waals surface area contributed by atoms with Gasteiger partial charge in [-0.3, -0.25) is 10.3 Å². The molecule has 5 N–H and O–H groups in total. The standard InChI is InChI=1S/C11H16ClN5.ClH/c1-7(2)17(10(13)14)11(15)16-9-5-3-8(12)4-6-9;/h3-7H,1-2H3,(H3,13,14)(H2,15,16);1H. The van der Waals surface area contributed by atoms with Crippen molar-refractivity contribution < 1.29 is 0 Å². The average Bonchev–Trinajstić information content (AvgIpc) is 2.20. The summed E-state index contributed by atoms with van der Waals surface area (Å²) in [4.78, 5) is 5.62. The van der Waals surface area contributed by atoms with E-state index in [1.165, 1.54) is 4.90 Å². The van der Waals surface area contributed by atoms with E-state index in [-0.39, 0.29) is 30.4 Å². The molecule has 1 aromatic carbocycles. The zero-order valence-corrected chi connectivity index (χ0v) is 11.8. The molecular formula is C11H17Cl2N5. The molecule has 0 amide bonds. The molecule has 0 spiro atoms. The Balaban J connectivity index is 0.00000289. The van der Waals surface area contributed by atoms with Gasteiger partial charge in [0.1, 0.15) is 0 Å². The lowest BCUT2D eigenvalue weighted by Crippen LogP contribution is -2.49. The monoisotopic (exact) mass is 289 g/mol. The van der Waals surface area contributed by atoms with Crippen molar-refractivity contribution in [2.45, 2.75) is 19.9 Å². The fourth-order valence-electron chi connectivity index (χ4n) is 1.37. The number of nitrogens with two attached hydrogens (primary N) is 2. The second kappa shape index (κ2) is 7.08. The highest BCUT2D eigenvalue weighted by Crippen LogP contribution is 2.16. The third-order valence-electron chi connectivity index (χ3n) is 2.09. The van der Waals surface area contributed by atoms with Gasteiger partial charge < -0.3 is 11.5 Å². The molecule has 0 saturated carbocycles. The molecule has 0 atom stereocenters. The molecule has 18 heavy (non-hydrogen) atoms. The molecule has 0 aliphatic carbocycles. The minimum atomic E-state index is -0.129. The van der Waals surface area contributed by atoms with Crippen LogP contribution in [-0.2, 0) is 0 Å². The van der Waals surface area contributed by atoms with Crippen LogP contribution >= 0.6 is 24.0 Å². The number of benzene rings is 1. The zero-order valence-electron chi connectivity index (χ0n) is 10.2. The maximum atomic E-state index is 7.43. The van der Waals surface area contributed by atoms with E-state index in [0.29, 0.717) is 10.7 Å². The predicted molar refractivity (Wildman–Crippen MR) is 78.9 cm³/mol. The average molecular weight is 290 g/mol. The lowest BCUT2D eigenvalue weighted by atomic mass is 10.3. The summed E-state index contributed by atoms with van der Waals surface area (Å²) in [6.07, 6.45) is 0. The Labute approximate surface area is 118 Å². The van der Waals surface area contributed by atoms with E-state index in [9.17, 15) is 0 Å². The molecule has 0 saturated heterocycles. The summed E-state index contributed by atoms with van der Waals surface area (Å²) in [7, 11) is 0. The van der Waals surface area contributed by atoms with Gasteiger partial charge in [0.15, 0.2) is 5.96 Å². The maximum absolute atomic E-state index is 7.43. The Morgan fingerprint density at radius 3 is 2.17 bits per heavy atom. The number of nitrogens with zero attached hydrogens (tertiary/aromatic N) is 2. The lowest BCUT2D eigenvalue weighted by Gasteiger charge is -2.25. The summed E-state index contributed by atoms with van der Waals surface area (Å²) in [6, 6.07) is 6.91. The highest BCUT2D eigenvalue weighted by Gasteiger charge is 2.14. The summed E-state index contributed by atoms with van der Waals surface area (Å²) in [5.74, 6) is 0.0602. The first kappa shape index (κ1) is 16.5. The van der Waals surface area contributed by atoms with Crippen LogP contribution in [0.4, 0.5) is 5.69 Å². The molecular weight excluding hydrogens is 273 g/mol. The Hall–Kier alpha value is -1.46. The summed E-state index contributed by atoms with van der Waals surface area (Å²) in [6.45, 7) is 3.76. The highest BCUT2D eigenvalue weighted by molar-refractivity contribution is 6.30. The molecule has 0 heterocycles. The number of hydrogen-bond acceptors (Lipinski definition) is 2. The molecule has 1 aromatic rings. The number of rotatable bonds is 2. The Morgan fingerprint density at radius 1 is 1.28 bits per heavy atom. The van der Waals surface area contributed by atoms with E-state index in [1.54, 1.807) is 24.3 Å². The van der Waals surface area contributed by atoms with Gasteiger partial charge >= 0.3 is 0 Å². The van der Waals surface area contributed by atoms with E-state index in [2.05, 4.69) is 4.99 Å². The summed E-state index contributed by atoms with van der Waals surface area (Å²) in [5, 5.41) is 8.07. The maximum Gasteiger partial charge on any atom is 0.203 e. The van der Waals surface area contributed by atoms with Gasteiger partial charge in [0, 0.05) is 11.1 Å². The van der Waals surface area contributed by atoms with Crippen LogP contribution in [0.3, 0.4) is 0 Å². The van der Waals surface area contributed by atoms with Gasteiger partial charge in [-0.1, -0.05) is 11.6 Å². The van der Waals surface area contributed by atoms with Crippen molar-refractivity contribution in [1.82, 2.24) is 4.90 Å². The van der Waals surface area contributed by atoms with Crippen molar-refractivity contribution in [3.63, 3.8) is 0 Å². The second-order valence-electron chi connectivity index (χ2n) is 3.80. The summed E-state index contributed by atoms with van der Waals surface area (Å²) < 4.78 is 0. The molecule has 5 nitrogen and oxygen atoms in total. The Kier molecular flexibility index (Phi) is 6.51. The van der Waals surface area contributed by atoms with Gasteiger partial charge in [0.05, 0.1) is 5.69 Å². The molecule has 7 heteroatoms. The molecule has 100 valence electrons. The van der Waals surface area contributed by atoms with E-state index in [1.807, 2.05) is 13.8 Å². The molecule has 0 aliphatic heterocycles. The predicted octanol–water partition coefficient (Wildman–Crippen LogP) is 2.31. The first-order valence-corrected chi connectivity index (χ1v) is 5.52. The third kappa shape index (κ3) is 4.43. The van der Waals surface area contributed by atoms with Crippen LogP contribution in [0.5, 0.6) is 0 Å². The Morgan fingerprint density at radius 2 is 1.78 bits per heavy atom. The van der Waals surface area contributed by atoms with Gasteiger partial charge in [-0.2, -0.15) is 0 Å². The SMILES string of the molecule is CC(C)N(C(=N)N)C(N)=Nc1ccc(Cl)cc1.Cl. The van der Waals surface area contributed by atoms with Crippen molar-refractivity contribution in [3.8, 4) is 0 Å². The second-order valence-corrected chi connectivity index (χ2v) is 4.23. The van der Waals surface area contributed by atoms with Crippen molar-refractivity contribution in [2.75, 3.05) is 0 Å². The molecule has 0 unspecified atom stereocenters. The molecule has 1 rings (SSSR count). The van der Waals surface area contributed by atoms with Crippen molar-refractivity contribution in [1.29, 1.82) is 5.41 Å². The van der Waals surface area contributed by atoms with Gasteiger partial charge in [0.25, 0.3) is 0 Å². The van der Waals surface area contributed by atoms with Crippen LogP contribution in [0.15, 0.2) is 29.3 Å². The fraction of sp³-hybridized carbons (Fsp3) is 0.273. The van der Waals surface area contributed by atoms with E-state index in [0.717, 1.165) is 0 Å². The molecule has 0 aromatic heterocycles. The minimum Gasteiger partial charge on any atom is -0.370 e. The highest BCUT2D eigenvalue weighted by atomic mass is 35.5. The molecule has 0 fully saturated rings. The number of halogens is 2. The van der Waals surface area contributed by atoms with Crippen LogP contribution < -0.4 is 11.5 Å². The van der Waals surface area contributed by atoms with Crippen LogP contribution in [0.25, 0.3) is 0 Å². The fourth-order valence-corrected chi connectivity index (χ4v) is 1.49. The minimum absolute atomic E-state index is 0. The smallest absolute Gasteiger partial charge is 0.203 e. The molecule has 0 bridgehead atoms. The van der Waals surface area contributed by atoms with Crippen LogP contribution in [0.2, 0.25) is 5.02 Å². The third-order valence-corrected chi connectivity index (χ3v) is 2.35. The first-order valence-electron chi connectivity index (χ1n) is 5.15. The summed E-state index contributed by atoms with van der Waals surface area (Å²) >= 11 is 5.77. The van der Waals surface area contributed by atoms with Crippen LogP contribution in [0.1, 0.15) is 13.8 Å². The van der Waals surface area contributed by atoms with Crippen molar-refractivity contribution >= 4 is 41.6 Å². The number of aliphatic imine (C=N–C) groups is 1. The van der Waals surface area contributed by atoms with Crippen LogP contribution in [-0.4, -0.2) is 22.9 Å². The molecule has 0 aliphatic rings. The Bertz CT molecular complexity index is 428. The van der Waals surface area contributed by atoms with E-state index >= 15 is 0 Å². The quantitative estimate of drug-likeness (QED) is 0.576. The number of guanidine groups is 2. The topological polar surface area (TPSA) is 91.5 Å². The summed E-state index contributed by atoms with van der Waals surface area (Å²) in [5.41, 5.74) is 11.9. The first-order chi connectivity index (χ1) is 7.91.